The Morgan fingerprint density at radius 1 is 1.21 bits per heavy atom. The van der Waals surface area contributed by atoms with E-state index in [4.69, 9.17) is 9.47 Å². The maximum atomic E-state index is 14.3. The van der Waals surface area contributed by atoms with Crippen molar-refractivity contribution < 1.29 is 18.7 Å². The van der Waals surface area contributed by atoms with Gasteiger partial charge in [0.05, 0.1) is 23.5 Å². The first kappa shape index (κ1) is 26.2. The Balaban J connectivity index is 1.45. The molecule has 9 nitrogen and oxygen atoms in total. The molecule has 0 bridgehead atoms. The predicted molar refractivity (Wildman–Crippen MR) is 149 cm³/mol. The number of carbonyl (C=O) groups excluding carboxylic acids is 1. The van der Waals surface area contributed by atoms with Gasteiger partial charge in [-0.25, -0.2) is 14.4 Å². The van der Waals surface area contributed by atoms with Gasteiger partial charge in [0.1, 0.15) is 29.8 Å². The summed E-state index contributed by atoms with van der Waals surface area (Å²) in [6.07, 6.45) is 5.09. The number of fused-ring (bicyclic) bond motifs is 1. The number of amides is 1. The molecule has 0 radical (unpaired) electrons. The van der Waals surface area contributed by atoms with Crippen LogP contribution in [0.4, 0.5) is 21.6 Å². The predicted octanol–water partition coefficient (Wildman–Crippen LogP) is 4.80. The van der Waals surface area contributed by atoms with Crippen molar-refractivity contribution in [3.63, 3.8) is 0 Å². The fraction of sp³-hybridized carbons (Fsp3) is 0.241. The van der Waals surface area contributed by atoms with Crippen LogP contribution in [0.1, 0.15) is 6.42 Å². The first-order valence-electron chi connectivity index (χ1n) is 12.6. The van der Waals surface area contributed by atoms with Gasteiger partial charge in [0, 0.05) is 55.6 Å². The Bertz CT molecular complexity index is 1500. The highest BCUT2D eigenvalue weighted by atomic mass is 19.1. The third kappa shape index (κ3) is 6.19. The van der Waals surface area contributed by atoms with Gasteiger partial charge >= 0.3 is 0 Å². The summed E-state index contributed by atoms with van der Waals surface area (Å²) < 4.78 is 25.9. The molecule has 1 aliphatic heterocycles. The smallest absolute Gasteiger partial charge is 0.247 e. The highest BCUT2D eigenvalue weighted by Gasteiger charge is 2.25. The second-order valence-corrected chi connectivity index (χ2v) is 9.14. The number of halogens is 1. The third-order valence-electron chi connectivity index (χ3n) is 6.49. The fourth-order valence-electron chi connectivity index (χ4n) is 4.52. The fourth-order valence-corrected chi connectivity index (χ4v) is 4.52. The van der Waals surface area contributed by atoms with E-state index in [9.17, 15) is 9.18 Å². The van der Waals surface area contributed by atoms with Crippen molar-refractivity contribution in [1.82, 2.24) is 19.9 Å². The highest BCUT2D eigenvalue weighted by molar-refractivity contribution is 6.03. The van der Waals surface area contributed by atoms with Crippen LogP contribution in [0.2, 0.25) is 0 Å². The molecule has 2 aromatic carbocycles. The minimum absolute atomic E-state index is 0.0354. The Kier molecular flexibility index (Phi) is 8.04. The third-order valence-corrected chi connectivity index (χ3v) is 6.49. The number of nitrogens with one attached hydrogen (secondary N) is 2. The summed E-state index contributed by atoms with van der Waals surface area (Å²) in [7, 11) is 1.69. The summed E-state index contributed by atoms with van der Waals surface area (Å²) in [5, 5.41) is 6.80. The number of benzene rings is 2. The molecular formula is C29H29FN6O3. The molecule has 200 valence electrons. The molecule has 2 aromatic heterocycles. The largest absolute Gasteiger partial charge is 0.487 e. The second-order valence-electron chi connectivity index (χ2n) is 9.14. The summed E-state index contributed by atoms with van der Waals surface area (Å²) in [4.78, 5) is 27.7. The number of aromatic nitrogens is 3. The number of nitrogens with zero attached hydrogens (tertiary/aromatic N) is 4. The normalized spacial score (nSPS) is 15.3. The van der Waals surface area contributed by atoms with Gasteiger partial charge in [0.25, 0.3) is 0 Å². The van der Waals surface area contributed by atoms with E-state index in [2.05, 4.69) is 37.1 Å². The van der Waals surface area contributed by atoms with E-state index >= 15 is 0 Å². The zero-order valence-electron chi connectivity index (χ0n) is 21.6. The molecule has 39 heavy (non-hydrogen) atoms. The average molecular weight is 529 g/mol. The molecule has 5 rings (SSSR count). The van der Waals surface area contributed by atoms with E-state index in [0.717, 1.165) is 26.1 Å². The van der Waals surface area contributed by atoms with Gasteiger partial charge in [-0.15, -0.1) is 0 Å². The van der Waals surface area contributed by atoms with Crippen molar-refractivity contribution >= 4 is 34.0 Å². The van der Waals surface area contributed by atoms with Crippen molar-refractivity contribution in [1.29, 1.82) is 0 Å². The number of methoxy groups -OCH3 is 1. The molecule has 0 aliphatic carbocycles. The highest BCUT2D eigenvalue weighted by Crippen LogP contribution is 2.35. The summed E-state index contributed by atoms with van der Waals surface area (Å²) >= 11 is 0. The maximum absolute atomic E-state index is 14.3. The Morgan fingerprint density at radius 3 is 2.90 bits per heavy atom. The van der Waals surface area contributed by atoms with Gasteiger partial charge in [-0.1, -0.05) is 18.7 Å². The molecular weight excluding hydrogens is 499 g/mol. The van der Waals surface area contributed by atoms with Crippen molar-refractivity contribution in [2.75, 3.05) is 44.0 Å². The summed E-state index contributed by atoms with van der Waals surface area (Å²) in [5.74, 6) is 0.320. The molecule has 10 heteroatoms. The van der Waals surface area contributed by atoms with Crippen LogP contribution in [0.25, 0.3) is 22.2 Å². The number of hydrogen-bond donors (Lipinski definition) is 2. The van der Waals surface area contributed by atoms with Crippen LogP contribution < -0.4 is 15.4 Å². The van der Waals surface area contributed by atoms with Gasteiger partial charge in [0.2, 0.25) is 5.91 Å². The quantitative estimate of drug-likeness (QED) is 0.283. The number of ether oxygens (including phenoxy) is 2. The molecule has 0 unspecified atom stereocenters. The Labute approximate surface area is 225 Å². The van der Waals surface area contributed by atoms with Crippen LogP contribution >= 0.6 is 0 Å². The second kappa shape index (κ2) is 12.0. The number of carbonyl (C=O) groups is 1. The van der Waals surface area contributed by atoms with E-state index in [1.54, 1.807) is 55.8 Å². The number of anilines is 3. The van der Waals surface area contributed by atoms with Crippen molar-refractivity contribution in [2.45, 2.75) is 12.5 Å². The van der Waals surface area contributed by atoms with Gasteiger partial charge in [-0.2, -0.15) is 0 Å². The molecule has 1 atom stereocenters. The lowest BCUT2D eigenvalue weighted by molar-refractivity contribution is -0.111. The minimum Gasteiger partial charge on any atom is -0.487 e. The molecule has 2 N–H and O–H groups in total. The summed E-state index contributed by atoms with van der Waals surface area (Å²) in [6.45, 7) is 6.73. The van der Waals surface area contributed by atoms with Crippen LogP contribution in [-0.4, -0.2) is 65.2 Å². The van der Waals surface area contributed by atoms with E-state index in [0.29, 0.717) is 51.7 Å². The lowest BCUT2D eigenvalue weighted by atomic mass is 10.1. The molecule has 1 saturated heterocycles. The summed E-state index contributed by atoms with van der Waals surface area (Å²) in [6, 6.07) is 13.6. The van der Waals surface area contributed by atoms with E-state index in [1.165, 1.54) is 18.5 Å². The molecule has 1 amide bonds. The number of hydrogen-bond acceptors (Lipinski definition) is 8. The van der Waals surface area contributed by atoms with Crippen LogP contribution in [0.5, 0.6) is 5.75 Å². The summed E-state index contributed by atoms with van der Waals surface area (Å²) in [5.41, 5.74) is 2.68. The molecule has 1 fully saturated rings. The Hall–Kier alpha value is -4.41. The van der Waals surface area contributed by atoms with Crippen LogP contribution in [0.3, 0.4) is 0 Å². The maximum Gasteiger partial charge on any atom is 0.247 e. The molecule has 4 aromatic rings. The van der Waals surface area contributed by atoms with Crippen LogP contribution in [0.15, 0.2) is 73.7 Å². The standard InChI is InChI=1S/C29H29FN6O3/c1-3-28(37)35-26-15-22-25(16-27(26)39-20-9-11-36(17-20)12-13-38-2)32-18-33-29(22)34-19-8-10-31-24(14-19)21-6-4-5-7-23(21)30/h3-8,10,14-16,18,20H,1,9,11-13,17H2,2H3,(H,35,37)(H,31,32,33,34)/t20-/m1/s1. The lowest BCUT2D eigenvalue weighted by Gasteiger charge is -2.19. The topological polar surface area (TPSA) is 102 Å². The first-order chi connectivity index (χ1) is 19.0. The molecule has 0 spiro atoms. The van der Waals surface area contributed by atoms with E-state index < -0.39 is 0 Å². The molecule has 0 saturated carbocycles. The van der Waals surface area contributed by atoms with Crippen molar-refractivity contribution in [3.8, 4) is 17.0 Å². The number of pyridine rings is 1. The zero-order valence-corrected chi connectivity index (χ0v) is 21.6. The van der Waals surface area contributed by atoms with Gasteiger partial charge in [0.15, 0.2) is 0 Å². The van der Waals surface area contributed by atoms with Crippen molar-refractivity contribution in [3.05, 3.63) is 79.5 Å². The van der Waals surface area contributed by atoms with E-state index in [1.807, 2.05) is 0 Å². The SMILES string of the molecule is C=CC(=O)Nc1cc2c(Nc3ccnc(-c4ccccc4F)c3)ncnc2cc1O[C@@H]1CCN(CCOC)C1. The lowest BCUT2D eigenvalue weighted by Crippen LogP contribution is -2.28. The van der Waals surface area contributed by atoms with E-state index in [-0.39, 0.29) is 17.8 Å². The zero-order chi connectivity index (χ0) is 27.2. The Morgan fingerprint density at radius 2 is 2.08 bits per heavy atom. The first-order valence-corrected chi connectivity index (χ1v) is 12.6. The van der Waals surface area contributed by atoms with Crippen LogP contribution in [-0.2, 0) is 9.53 Å². The number of likely N-dealkylation sites (tertiary alicyclic amines) is 1. The molecule has 3 heterocycles. The van der Waals surface area contributed by atoms with Crippen LogP contribution in [0, 0.1) is 5.82 Å². The van der Waals surface area contributed by atoms with Gasteiger partial charge in [-0.05, 0) is 42.8 Å². The average Bonchev–Trinajstić information content (AvgIpc) is 3.40. The minimum atomic E-state index is -0.359. The molecule has 1 aliphatic rings. The monoisotopic (exact) mass is 528 g/mol. The van der Waals surface area contributed by atoms with Gasteiger partial charge in [-0.3, -0.25) is 14.7 Å². The number of rotatable bonds is 10. The van der Waals surface area contributed by atoms with Crippen molar-refractivity contribution in [2.24, 2.45) is 0 Å². The van der Waals surface area contributed by atoms with Gasteiger partial charge < -0.3 is 20.1 Å².